The van der Waals surface area contributed by atoms with Crippen LogP contribution >= 0.6 is 0 Å². The van der Waals surface area contributed by atoms with E-state index in [1.165, 1.54) is 17.0 Å². The number of hydrogen-bond donors (Lipinski definition) is 2. The first-order valence-corrected chi connectivity index (χ1v) is 14.7. The number of amides is 4. The molecule has 0 radical (unpaired) electrons. The quantitative estimate of drug-likeness (QED) is 0.429. The Hall–Kier alpha value is -4.73. The van der Waals surface area contributed by atoms with Crippen LogP contribution in [0.4, 0.5) is 4.39 Å². The van der Waals surface area contributed by atoms with Gasteiger partial charge in [-0.3, -0.25) is 19.2 Å². The summed E-state index contributed by atoms with van der Waals surface area (Å²) in [7, 11) is 0. The molecule has 10 heteroatoms. The summed E-state index contributed by atoms with van der Waals surface area (Å²) in [4.78, 5) is 57.3. The number of hydrogen-bond acceptors (Lipinski definition) is 5. The van der Waals surface area contributed by atoms with Crippen LogP contribution in [0.15, 0.2) is 78.9 Å². The van der Waals surface area contributed by atoms with Crippen molar-refractivity contribution >= 4 is 23.6 Å². The van der Waals surface area contributed by atoms with Crippen molar-refractivity contribution in [1.29, 1.82) is 0 Å². The van der Waals surface area contributed by atoms with Gasteiger partial charge in [0.25, 0.3) is 5.91 Å². The van der Waals surface area contributed by atoms with Crippen molar-refractivity contribution in [3.8, 4) is 5.75 Å². The summed E-state index contributed by atoms with van der Waals surface area (Å²) in [6.07, 6.45) is -0.371. The van der Waals surface area contributed by atoms with E-state index in [0.29, 0.717) is 12.3 Å². The Balaban J connectivity index is 1.63. The second-order valence-electron chi connectivity index (χ2n) is 11.4. The zero-order valence-corrected chi connectivity index (χ0v) is 25.3. The molecule has 2 N–H and O–H groups in total. The summed E-state index contributed by atoms with van der Waals surface area (Å²) in [6.45, 7) is 6.59. The summed E-state index contributed by atoms with van der Waals surface area (Å²) in [5.74, 6) is -1.90. The number of carbonyl (C=O) groups is 4. The fourth-order valence-electron chi connectivity index (χ4n) is 4.99. The molecule has 0 spiro atoms. The van der Waals surface area contributed by atoms with Gasteiger partial charge in [0.2, 0.25) is 17.7 Å². The highest BCUT2D eigenvalue weighted by Crippen LogP contribution is 2.23. The van der Waals surface area contributed by atoms with Gasteiger partial charge < -0.3 is 25.2 Å². The van der Waals surface area contributed by atoms with Crippen molar-refractivity contribution in [2.75, 3.05) is 32.8 Å². The maximum atomic E-state index is 13.8. The minimum Gasteiger partial charge on any atom is -0.491 e. The van der Waals surface area contributed by atoms with E-state index in [4.69, 9.17) is 4.74 Å². The Kier molecular flexibility index (Phi) is 10.7. The van der Waals surface area contributed by atoms with E-state index in [0.717, 1.165) is 11.1 Å². The van der Waals surface area contributed by atoms with Gasteiger partial charge in [0, 0.05) is 25.0 Å². The first kappa shape index (κ1) is 32.2. The number of rotatable bonds is 7. The van der Waals surface area contributed by atoms with Crippen LogP contribution in [0.25, 0.3) is 0 Å². The van der Waals surface area contributed by atoms with Crippen molar-refractivity contribution < 1.29 is 28.3 Å². The second kappa shape index (κ2) is 14.6. The van der Waals surface area contributed by atoms with E-state index in [-0.39, 0.29) is 56.5 Å². The molecule has 4 rings (SSSR count). The molecule has 232 valence electrons. The average Bonchev–Trinajstić information content (AvgIpc) is 3.01. The highest BCUT2D eigenvalue weighted by atomic mass is 19.1. The smallest absolute Gasteiger partial charge is 0.255 e. The van der Waals surface area contributed by atoms with Crippen LogP contribution in [-0.4, -0.2) is 72.3 Å². The number of para-hydroxylation sites is 1. The summed E-state index contributed by atoms with van der Waals surface area (Å²) in [5.41, 5.74) is 1.26. The van der Waals surface area contributed by atoms with E-state index < -0.39 is 29.2 Å². The standard InChI is InChI=1S/C34H39FN4O5/c1-4-38-18-19-44-29-13-9-8-12-27(29)32(42)37-28(33(43)36-23-34(2,3)25-14-16-26(35)17-15-25)20-30(40)39(22-31(38)41)21-24-10-6-5-7-11-24/h5-17,28H,4,18-23H2,1-3H3,(H,36,43)(H,37,42)/t28-/m0/s1. The van der Waals surface area contributed by atoms with Crippen LogP contribution in [0.3, 0.4) is 0 Å². The molecule has 3 aromatic rings. The largest absolute Gasteiger partial charge is 0.491 e. The number of nitrogens with zero attached hydrogens (tertiary/aromatic N) is 2. The molecule has 0 bridgehead atoms. The van der Waals surface area contributed by atoms with E-state index in [2.05, 4.69) is 10.6 Å². The molecular weight excluding hydrogens is 563 g/mol. The summed E-state index contributed by atoms with van der Waals surface area (Å²) in [5, 5.41) is 5.60. The Morgan fingerprint density at radius 3 is 2.34 bits per heavy atom. The van der Waals surface area contributed by atoms with E-state index >= 15 is 0 Å². The zero-order chi connectivity index (χ0) is 31.7. The van der Waals surface area contributed by atoms with Gasteiger partial charge in [-0.25, -0.2) is 4.39 Å². The number of fused-ring (bicyclic) bond motifs is 1. The van der Waals surface area contributed by atoms with Crippen molar-refractivity contribution in [1.82, 2.24) is 20.4 Å². The van der Waals surface area contributed by atoms with Crippen molar-refractivity contribution in [2.45, 2.75) is 45.2 Å². The fraction of sp³-hybridized carbons (Fsp3) is 0.353. The number of carbonyl (C=O) groups excluding carboxylic acids is 4. The van der Waals surface area contributed by atoms with Crippen LogP contribution in [0.1, 0.15) is 48.7 Å². The maximum Gasteiger partial charge on any atom is 0.255 e. The number of benzene rings is 3. The summed E-state index contributed by atoms with van der Waals surface area (Å²) in [6, 6.07) is 20.7. The lowest BCUT2D eigenvalue weighted by molar-refractivity contribution is -0.142. The third-order valence-electron chi connectivity index (χ3n) is 7.71. The fourth-order valence-corrected chi connectivity index (χ4v) is 4.99. The molecule has 0 saturated heterocycles. The van der Waals surface area contributed by atoms with Crippen LogP contribution in [0.2, 0.25) is 0 Å². The summed E-state index contributed by atoms with van der Waals surface area (Å²) < 4.78 is 19.4. The summed E-state index contributed by atoms with van der Waals surface area (Å²) >= 11 is 0. The lowest BCUT2D eigenvalue weighted by Crippen LogP contribution is -2.52. The molecule has 44 heavy (non-hydrogen) atoms. The minimum absolute atomic E-state index is 0.138. The first-order chi connectivity index (χ1) is 21.1. The van der Waals surface area contributed by atoms with Crippen molar-refractivity contribution in [2.24, 2.45) is 0 Å². The van der Waals surface area contributed by atoms with Gasteiger partial charge in [0.05, 0.1) is 18.5 Å². The average molecular weight is 603 g/mol. The first-order valence-electron chi connectivity index (χ1n) is 14.7. The molecule has 0 fully saturated rings. The van der Waals surface area contributed by atoms with E-state index in [9.17, 15) is 23.6 Å². The molecule has 0 saturated carbocycles. The number of nitrogens with one attached hydrogen (secondary N) is 2. The molecule has 4 amide bonds. The lowest BCUT2D eigenvalue weighted by Gasteiger charge is -2.30. The van der Waals surface area contributed by atoms with Gasteiger partial charge in [0.15, 0.2) is 0 Å². The van der Waals surface area contributed by atoms with Crippen LogP contribution in [-0.2, 0) is 26.3 Å². The molecule has 9 nitrogen and oxygen atoms in total. The molecule has 1 atom stereocenters. The highest BCUT2D eigenvalue weighted by molar-refractivity contribution is 6.01. The second-order valence-corrected chi connectivity index (χ2v) is 11.4. The van der Waals surface area contributed by atoms with Gasteiger partial charge in [-0.2, -0.15) is 0 Å². The van der Waals surface area contributed by atoms with E-state index in [1.807, 2.05) is 51.1 Å². The van der Waals surface area contributed by atoms with Gasteiger partial charge in [-0.05, 0) is 42.3 Å². The van der Waals surface area contributed by atoms with Crippen molar-refractivity contribution in [3.63, 3.8) is 0 Å². The number of likely N-dealkylation sites (N-methyl/N-ethyl adjacent to an activating group) is 1. The zero-order valence-electron chi connectivity index (χ0n) is 25.3. The third-order valence-corrected chi connectivity index (χ3v) is 7.71. The Labute approximate surface area is 257 Å². The molecule has 1 aliphatic rings. The SMILES string of the molecule is CCN1CCOc2ccccc2C(=O)N[C@H](C(=O)NCC(C)(C)c2ccc(F)cc2)CC(=O)N(Cc2ccccc2)CC1=O. The Morgan fingerprint density at radius 1 is 0.955 bits per heavy atom. The van der Waals surface area contributed by atoms with Gasteiger partial charge in [0.1, 0.15) is 30.8 Å². The Bertz CT molecular complexity index is 1460. The predicted octanol–water partition coefficient (Wildman–Crippen LogP) is 3.68. The van der Waals surface area contributed by atoms with Gasteiger partial charge in [-0.15, -0.1) is 0 Å². The normalized spacial score (nSPS) is 16.8. The van der Waals surface area contributed by atoms with Crippen LogP contribution < -0.4 is 15.4 Å². The Morgan fingerprint density at radius 2 is 1.64 bits per heavy atom. The van der Waals surface area contributed by atoms with Crippen LogP contribution in [0, 0.1) is 5.82 Å². The molecule has 0 aliphatic carbocycles. The topological polar surface area (TPSA) is 108 Å². The lowest BCUT2D eigenvalue weighted by atomic mass is 9.84. The maximum absolute atomic E-state index is 13.8. The molecule has 0 aromatic heterocycles. The molecule has 1 aliphatic heterocycles. The highest BCUT2D eigenvalue weighted by Gasteiger charge is 2.31. The molecule has 1 heterocycles. The van der Waals surface area contributed by atoms with Gasteiger partial charge in [-0.1, -0.05) is 68.4 Å². The molecule has 3 aromatic carbocycles. The molecular formula is C34H39FN4O5. The minimum atomic E-state index is -1.24. The molecule has 0 unspecified atom stereocenters. The monoisotopic (exact) mass is 602 g/mol. The third kappa shape index (κ3) is 8.43. The van der Waals surface area contributed by atoms with E-state index in [1.54, 1.807) is 41.3 Å². The van der Waals surface area contributed by atoms with Gasteiger partial charge >= 0.3 is 0 Å². The predicted molar refractivity (Wildman–Crippen MR) is 164 cm³/mol. The van der Waals surface area contributed by atoms with Crippen LogP contribution in [0.5, 0.6) is 5.75 Å². The number of ether oxygens (including phenoxy) is 1. The number of halogens is 1. The van der Waals surface area contributed by atoms with Crippen molar-refractivity contribution in [3.05, 3.63) is 101 Å².